The number of aliphatic hydroxyl groups excluding tert-OH is 1. The standard InChI is InChI=1S/C17H28BN3O5S/c1-16(2)17(3,4)26-18(25-16)13-10-19-15(20-11-13)27(23,24)12-14-6-5-7-21(14)8-9-22/h10-11,14,22H,5-9,12H2,1-4H3. The van der Waals surface area contributed by atoms with E-state index in [4.69, 9.17) is 14.4 Å². The first-order chi connectivity index (χ1) is 12.6. The van der Waals surface area contributed by atoms with Gasteiger partial charge in [-0.1, -0.05) is 0 Å². The number of hydrogen-bond donors (Lipinski definition) is 1. The van der Waals surface area contributed by atoms with Gasteiger partial charge in [-0.3, -0.25) is 4.90 Å². The Bertz CT molecular complexity index is 753. The molecule has 1 aromatic heterocycles. The number of β-amino-alcohol motifs (C(OH)–C–C–N with tert-alkyl or cyclic N) is 1. The van der Waals surface area contributed by atoms with Crippen molar-refractivity contribution >= 4 is 22.4 Å². The van der Waals surface area contributed by atoms with Crippen LogP contribution in [0.3, 0.4) is 0 Å². The van der Waals surface area contributed by atoms with Gasteiger partial charge in [-0.25, -0.2) is 18.4 Å². The van der Waals surface area contributed by atoms with Crippen LogP contribution in [0.2, 0.25) is 0 Å². The van der Waals surface area contributed by atoms with Crippen molar-refractivity contribution in [2.24, 2.45) is 0 Å². The van der Waals surface area contributed by atoms with Crippen LogP contribution in [0.4, 0.5) is 0 Å². The van der Waals surface area contributed by atoms with E-state index in [2.05, 4.69) is 9.97 Å². The minimum Gasteiger partial charge on any atom is -0.399 e. The van der Waals surface area contributed by atoms with Gasteiger partial charge < -0.3 is 14.4 Å². The molecule has 150 valence electrons. The highest BCUT2D eigenvalue weighted by Gasteiger charge is 2.52. The quantitative estimate of drug-likeness (QED) is 0.529. The molecule has 1 aromatic rings. The average Bonchev–Trinajstić information content (AvgIpc) is 3.09. The van der Waals surface area contributed by atoms with Crippen LogP contribution in [0.25, 0.3) is 0 Å². The summed E-state index contributed by atoms with van der Waals surface area (Å²) in [5.41, 5.74) is -0.377. The maximum absolute atomic E-state index is 12.7. The van der Waals surface area contributed by atoms with Gasteiger partial charge in [0.2, 0.25) is 15.0 Å². The highest BCUT2D eigenvalue weighted by Crippen LogP contribution is 2.36. The van der Waals surface area contributed by atoms with E-state index in [1.54, 1.807) is 0 Å². The van der Waals surface area contributed by atoms with Crippen molar-refractivity contribution in [3.8, 4) is 0 Å². The fourth-order valence-corrected chi connectivity index (χ4v) is 4.88. The first-order valence-corrected chi connectivity index (χ1v) is 11.0. The van der Waals surface area contributed by atoms with Gasteiger partial charge >= 0.3 is 7.12 Å². The van der Waals surface area contributed by atoms with E-state index in [1.807, 2.05) is 32.6 Å². The Balaban J connectivity index is 1.71. The Kier molecular flexibility index (Phi) is 5.66. The predicted molar refractivity (Wildman–Crippen MR) is 101 cm³/mol. The van der Waals surface area contributed by atoms with Crippen molar-refractivity contribution in [1.29, 1.82) is 0 Å². The lowest BCUT2D eigenvalue weighted by molar-refractivity contribution is 0.00578. The lowest BCUT2D eigenvalue weighted by atomic mass is 9.81. The molecule has 3 heterocycles. The van der Waals surface area contributed by atoms with Crippen molar-refractivity contribution in [3.63, 3.8) is 0 Å². The Morgan fingerprint density at radius 2 is 1.81 bits per heavy atom. The van der Waals surface area contributed by atoms with Gasteiger partial charge in [-0.15, -0.1) is 0 Å². The van der Waals surface area contributed by atoms with Crippen molar-refractivity contribution in [3.05, 3.63) is 12.4 Å². The molecule has 1 atom stereocenters. The summed E-state index contributed by atoms with van der Waals surface area (Å²) < 4.78 is 37.3. The second-order valence-electron chi connectivity index (χ2n) is 8.22. The summed E-state index contributed by atoms with van der Waals surface area (Å²) in [4.78, 5) is 10.2. The molecule has 27 heavy (non-hydrogen) atoms. The van der Waals surface area contributed by atoms with Crippen molar-refractivity contribution in [2.45, 2.75) is 62.9 Å². The Morgan fingerprint density at radius 1 is 1.22 bits per heavy atom. The van der Waals surface area contributed by atoms with Crippen LogP contribution in [-0.2, 0) is 19.1 Å². The highest BCUT2D eigenvalue weighted by molar-refractivity contribution is 7.91. The number of nitrogens with zero attached hydrogens (tertiary/aromatic N) is 3. The molecule has 3 rings (SSSR count). The van der Waals surface area contributed by atoms with Gasteiger partial charge in [0.05, 0.1) is 23.6 Å². The van der Waals surface area contributed by atoms with Crippen LogP contribution < -0.4 is 5.46 Å². The van der Waals surface area contributed by atoms with Gasteiger partial charge in [-0.2, -0.15) is 0 Å². The third kappa shape index (κ3) is 4.19. The van der Waals surface area contributed by atoms with E-state index in [-0.39, 0.29) is 23.6 Å². The zero-order valence-corrected chi connectivity index (χ0v) is 17.2. The topological polar surface area (TPSA) is 102 Å². The fourth-order valence-electron chi connectivity index (χ4n) is 3.42. The van der Waals surface area contributed by atoms with Crippen LogP contribution in [0.5, 0.6) is 0 Å². The SMILES string of the molecule is CC1(C)OB(c2cnc(S(=O)(=O)CC3CCCN3CCO)nc2)OC1(C)C. The van der Waals surface area contributed by atoms with Gasteiger partial charge in [-0.05, 0) is 47.1 Å². The molecule has 0 saturated carbocycles. The molecule has 1 N–H and O–H groups in total. The third-order valence-electron chi connectivity index (χ3n) is 5.75. The molecule has 0 aromatic carbocycles. The molecule has 0 spiro atoms. The van der Waals surface area contributed by atoms with E-state index < -0.39 is 28.2 Å². The summed E-state index contributed by atoms with van der Waals surface area (Å²) in [6, 6.07) is -0.103. The molecule has 0 aliphatic carbocycles. The lowest BCUT2D eigenvalue weighted by Gasteiger charge is -2.32. The van der Waals surface area contributed by atoms with Crippen LogP contribution in [0.15, 0.2) is 17.6 Å². The van der Waals surface area contributed by atoms with E-state index in [1.165, 1.54) is 12.4 Å². The van der Waals surface area contributed by atoms with Crippen LogP contribution in [-0.4, -0.2) is 78.2 Å². The molecule has 8 nitrogen and oxygen atoms in total. The minimum atomic E-state index is -3.61. The third-order valence-corrected chi connectivity index (χ3v) is 7.34. The minimum absolute atomic E-state index is 0.0236. The van der Waals surface area contributed by atoms with Gasteiger partial charge in [0.15, 0.2) is 0 Å². The molecule has 1 unspecified atom stereocenters. The van der Waals surface area contributed by atoms with Crippen molar-refractivity contribution in [1.82, 2.24) is 14.9 Å². The largest absolute Gasteiger partial charge is 0.498 e. The summed E-state index contributed by atoms with van der Waals surface area (Å²) in [5.74, 6) is -0.0389. The number of likely N-dealkylation sites (tertiary alicyclic amines) is 1. The monoisotopic (exact) mass is 397 g/mol. The smallest absolute Gasteiger partial charge is 0.399 e. The molecular formula is C17H28BN3O5S. The van der Waals surface area contributed by atoms with Gasteiger partial charge in [0.25, 0.3) is 0 Å². The van der Waals surface area contributed by atoms with Crippen molar-refractivity contribution in [2.75, 3.05) is 25.4 Å². The average molecular weight is 397 g/mol. The summed E-state index contributed by atoms with van der Waals surface area (Å²) in [5, 5.41) is 8.95. The zero-order valence-electron chi connectivity index (χ0n) is 16.4. The van der Waals surface area contributed by atoms with E-state index in [0.29, 0.717) is 12.0 Å². The predicted octanol–water partition coefficient (Wildman–Crippen LogP) is 0.00620. The first kappa shape index (κ1) is 20.7. The normalized spacial score (nSPS) is 25.2. The van der Waals surface area contributed by atoms with Gasteiger partial charge in [0.1, 0.15) is 0 Å². The molecule has 2 fully saturated rings. The molecule has 0 radical (unpaired) electrons. The molecule has 2 saturated heterocycles. The van der Waals surface area contributed by atoms with Crippen LogP contribution in [0, 0.1) is 0 Å². The summed E-state index contributed by atoms with van der Waals surface area (Å²) in [6.45, 7) is 9.12. The molecule has 2 aliphatic rings. The summed E-state index contributed by atoms with van der Waals surface area (Å²) >= 11 is 0. The van der Waals surface area contributed by atoms with Crippen molar-refractivity contribution < 1.29 is 22.8 Å². The highest BCUT2D eigenvalue weighted by atomic mass is 32.2. The first-order valence-electron chi connectivity index (χ1n) is 9.31. The Morgan fingerprint density at radius 3 is 2.37 bits per heavy atom. The molecular weight excluding hydrogens is 369 g/mol. The number of sulfone groups is 1. The molecule has 10 heteroatoms. The maximum atomic E-state index is 12.7. The Labute approximate surface area is 161 Å². The molecule has 0 amide bonds. The Hall–Kier alpha value is -1.07. The fraction of sp³-hybridized carbons (Fsp3) is 0.765. The zero-order chi connectivity index (χ0) is 19.9. The second kappa shape index (κ2) is 7.40. The number of hydrogen-bond acceptors (Lipinski definition) is 8. The maximum Gasteiger partial charge on any atom is 0.498 e. The van der Waals surface area contributed by atoms with E-state index in [0.717, 1.165) is 19.4 Å². The number of aliphatic hydroxyl groups is 1. The summed E-state index contributed by atoms with van der Waals surface area (Å²) in [7, 11) is -4.23. The molecule has 2 aliphatic heterocycles. The number of aromatic nitrogens is 2. The van der Waals surface area contributed by atoms with E-state index in [9.17, 15) is 8.42 Å². The second-order valence-corrected chi connectivity index (χ2v) is 10.2. The van der Waals surface area contributed by atoms with E-state index >= 15 is 0 Å². The van der Waals surface area contributed by atoms with Crippen LogP contribution in [0.1, 0.15) is 40.5 Å². The van der Waals surface area contributed by atoms with Gasteiger partial charge in [0, 0.05) is 30.4 Å². The molecule has 0 bridgehead atoms. The van der Waals surface area contributed by atoms with Crippen LogP contribution >= 0.6 is 0 Å². The summed E-state index contributed by atoms with van der Waals surface area (Å²) in [6.07, 6.45) is 4.65. The number of rotatable bonds is 6. The lowest BCUT2D eigenvalue weighted by Crippen LogP contribution is -2.41.